The second-order valence-corrected chi connectivity index (χ2v) is 4.92. The van der Waals surface area contributed by atoms with Crippen molar-refractivity contribution >= 4 is 37.4 Å². The Bertz CT molecular complexity index is 408. The minimum absolute atomic E-state index is 0.910. The molecule has 0 amide bonds. The quantitative estimate of drug-likeness (QED) is 0.742. The normalized spacial score (nSPS) is 10.5. The Labute approximate surface area is 83.1 Å². The predicted octanol–water partition coefficient (Wildman–Crippen LogP) is 3.67. The molecule has 0 fully saturated rings. The van der Waals surface area contributed by atoms with Crippen molar-refractivity contribution in [3.8, 4) is 5.75 Å². The minimum atomic E-state index is 0.910. The highest BCUT2D eigenvalue weighted by atomic mass is 79.9. The van der Waals surface area contributed by atoms with Crippen LogP contribution in [0.3, 0.4) is 0 Å². The molecule has 3 heteroatoms. The zero-order valence-electron chi connectivity index (χ0n) is 6.50. The molecule has 2 rings (SSSR count). The van der Waals surface area contributed by atoms with Crippen LogP contribution in [0.5, 0.6) is 5.75 Å². The number of rotatable bonds is 1. The second kappa shape index (κ2) is 3.07. The largest absolute Gasteiger partial charge is 0.497 e. The fourth-order valence-electron chi connectivity index (χ4n) is 1.12. The van der Waals surface area contributed by atoms with Crippen LogP contribution in [0.4, 0.5) is 0 Å². The van der Waals surface area contributed by atoms with Gasteiger partial charge in [-0.3, -0.25) is 0 Å². The SMILES string of the molecule is COc1ccc2sc(Br)cc2c1. The molecular weight excluding hydrogens is 236 g/mol. The first-order chi connectivity index (χ1) is 5.79. The van der Waals surface area contributed by atoms with E-state index in [1.54, 1.807) is 18.4 Å². The van der Waals surface area contributed by atoms with E-state index in [9.17, 15) is 0 Å². The maximum Gasteiger partial charge on any atom is 0.119 e. The molecule has 0 unspecified atom stereocenters. The third kappa shape index (κ3) is 1.34. The van der Waals surface area contributed by atoms with Gasteiger partial charge in [-0.1, -0.05) is 0 Å². The van der Waals surface area contributed by atoms with Gasteiger partial charge in [0.2, 0.25) is 0 Å². The second-order valence-electron chi connectivity index (χ2n) is 2.45. The number of fused-ring (bicyclic) bond motifs is 1. The molecular formula is C9H7BrOS. The Kier molecular flexibility index (Phi) is 2.07. The summed E-state index contributed by atoms with van der Waals surface area (Å²) in [4.78, 5) is 0. The van der Waals surface area contributed by atoms with Crippen molar-refractivity contribution < 1.29 is 4.74 Å². The lowest BCUT2D eigenvalue weighted by Crippen LogP contribution is -1.79. The van der Waals surface area contributed by atoms with Gasteiger partial charge in [0, 0.05) is 4.70 Å². The highest BCUT2D eigenvalue weighted by Crippen LogP contribution is 2.31. The molecule has 1 heterocycles. The number of ether oxygens (including phenoxy) is 1. The number of methoxy groups -OCH3 is 1. The van der Waals surface area contributed by atoms with E-state index >= 15 is 0 Å². The van der Waals surface area contributed by atoms with Gasteiger partial charge in [-0.15, -0.1) is 11.3 Å². The number of benzene rings is 1. The monoisotopic (exact) mass is 242 g/mol. The lowest BCUT2D eigenvalue weighted by Gasteiger charge is -1.97. The first-order valence-corrected chi connectivity index (χ1v) is 5.13. The van der Waals surface area contributed by atoms with E-state index in [-0.39, 0.29) is 0 Å². The van der Waals surface area contributed by atoms with E-state index in [1.165, 1.54) is 10.1 Å². The van der Waals surface area contributed by atoms with Gasteiger partial charge >= 0.3 is 0 Å². The van der Waals surface area contributed by atoms with Crippen LogP contribution >= 0.6 is 27.3 Å². The van der Waals surface area contributed by atoms with Gasteiger partial charge in [0.1, 0.15) is 5.75 Å². The molecule has 1 aromatic heterocycles. The summed E-state index contributed by atoms with van der Waals surface area (Å²) in [5.41, 5.74) is 0. The Hall–Kier alpha value is -0.540. The Balaban J connectivity index is 2.66. The van der Waals surface area contributed by atoms with Gasteiger partial charge in [0.15, 0.2) is 0 Å². The maximum atomic E-state index is 5.12. The molecule has 0 atom stereocenters. The summed E-state index contributed by atoms with van der Waals surface area (Å²) in [7, 11) is 1.68. The van der Waals surface area contributed by atoms with Gasteiger partial charge in [0.05, 0.1) is 10.9 Å². The van der Waals surface area contributed by atoms with Crippen molar-refractivity contribution in [2.24, 2.45) is 0 Å². The molecule has 0 spiro atoms. The lowest BCUT2D eigenvalue weighted by atomic mass is 10.2. The van der Waals surface area contributed by atoms with Gasteiger partial charge in [-0.25, -0.2) is 0 Å². The van der Waals surface area contributed by atoms with Gasteiger partial charge in [-0.05, 0) is 45.6 Å². The fourth-order valence-corrected chi connectivity index (χ4v) is 2.65. The van der Waals surface area contributed by atoms with E-state index in [0.717, 1.165) is 9.54 Å². The fraction of sp³-hybridized carbons (Fsp3) is 0.111. The zero-order chi connectivity index (χ0) is 8.55. The molecule has 0 bridgehead atoms. The molecule has 12 heavy (non-hydrogen) atoms. The summed E-state index contributed by atoms with van der Waals surface area (Å²) < 4.78 is 7.56. The van der Waals surface area contributed by atoms with E-state index in [0.29, 0.717) is 0 Å². The van der Waals surface area contributed by atoms with Crippen molar-refractivity contribution in [3.63, 3.8) is 0 Å². The average molecular weight is 243 g/mol. The van der Waals surface area contributed by atoms with Crippen LogP contribution in [-0.2, 0) is 0 Å². The maximum absolute atomic E-state index is 5.12. The van der Waals surface area contributed by atoms with Crippen LogP contribution < -0.4 is 4.74 Å². The van der Waals surface area contributed by atoms with Crippen LogP contribution in [0, 0.1) is 0 Å². The van der Waals surface area contributed by atoms with Crippen LogP contribution in [0.25, 0.3) is 10.1 Å². The molecule has 0 aliphatic rings. The zero-order valence-corrected chi connectivity index (χ0v) is 8.91. The first kappa shape index (κ1) is 8.08. The molecule has 0 saturated carbocycles. The summed E-state index contributed by atoms with van der Waals surface area (Å²) in [6.07, 6.45) is 0. The first-order valence-electron chi connectivity index (χ1n) is 3.52. The molecule has 2 aromatic rings. The molecule has 62 valence electrons. The van der Waals surface area contributed by atoms with Crippen molar-refractivity contribution in [1.82, 2.24) is 0 Å². The van der Waals surface area contributed by atoms with Gasteiger partial charge in [-0.2, -0.15) is 0 Å². The Morgan fingerprint density at radius 2 is 2.17 bits per heavy atom. The van der Waals surface area contributed by atoms with Crippen LogP contribution in [0.2, 0.25) is 0 Å². The van der Waals surface area contributed by atoms with Crippen molar-refractivity contribution in [2.75, 3.05) is 7.11 Å². The van der Waals surface area contributed by atoms with Gasteiger partial charge in [0.25, 0.3) is 0 Å². The topological polar surface area (TPSA) is 9.23 Å². The third-order valence-electron chi connectivity index (χ3n) is 1.69. The van der Waals surface area contributed by atoms with Crippen molar-refractivity contribution in [3.05, 3.63) is 28.1 Å². The highest BCUT2D eigenvalue weighted by molar-refractivity contribution is 9.11. The van der Waals surface area contributed by atoms with Crippen molar-refractivity contribution in [2.45, 2.75) is 0 Å². The molecule has 1 aromatic carbocycles. The van der Waals surface area contributed by atoms with Gasteiger partial charge < -0.3 is 4.74 Å². The van der Waals surface area contributed by atoms with Crippen LogP contribution in [0.1, 0.15) is 0 Å². The molecule has 0 N–H and O–H groups in total. The summed E-state index contributed by atoms with van der Waals surface area (Å²) >= 11 is 5.18. The van der Waals surface area contributed by atoms with E-state index in [4.69, 9.17) is 4.74 Å². The molecule has 0 saturated heterocycles. The molecule has 0 aliphatic carbocycles. The average Bonchev–Trinajstić information content (AvgIpc) is 2.43. The van der Waals surface area contributed by atoms with Crippen LogP contribution in [0.15, 0.2) is 28.1 Å². The summed E-state index contributed by atoms with van der Waals surface area (Å²) in [5.74, 6) is 0.910. The summed E-state index contributed by atoms with van der Waals surface area (Å²) in [5, 5.41) is 1.23. The number of thiophene rings is 1. The van der Waals surface area contributed by atoms with E-state index < -0.39 is 0 Å². The Morgan fingerprint density at radius 1 is 1.33 bits per heavy atom. The minimum Gasteiger partial charge on any atom is -0.497 e. The van der Waals surface area contributed by atoms with Crippen molar-refractivity contribution in [1.29, 1.82) is 0 Å². The predicted molar refractivity (Wildman–Crippen MR) is 56.1 cm³/mol. The van der Waals surface area contributed by atoms with E-state index in [2.05, 4.69) is 28.1 Å². The van der Waals surface area contributed by atoms with Crippen LogP contribution in [-0.4, -0.2) is 7.11 Å². The molecule has 1 nitrogen and oxygen atoms in total. The Morgan fingerprint density at radius 3 is 2.92 bits per heavy atom. The standard InChI is InChI=1S/C9H7BrOS/c1-11-7-2-3-8-6(4-7)5-9(10)12-8/h2-5H,1H3. The van der Waals surface area contributed by atoms with E-state index in [1.807, 2.05) is 12.1 Å². The highest BCUT2D eigenvalue weighted by Gasteiger charge is 1.99. The third-order valence-corrected chi connectivity index (χ3v) is 3.31. The smallest absolute Gasteiger partial charge is 0.119 e. The number of hydrogen-bond donors (Lipinski definition) is 0. The number of hydrogen-bond acceptors (Lipinski definition) is 2. The number of halogens is 1. The molecule has 0 aliphatic heterocycles. The summed E-state index contributed by atoms with van der Waals surface area (Å²) in [6.45, 7) is 0. The lowest BCUT2D eigenvalue weighted by molar-refractivity contribution is 0.415. The summed E-state index contributed by atoms with van der Waals surface area (Å²) in [6, 6.07) is 8.19. The molecule has 0 radical (unpaired) electrons.